The second-order valence-corrected chi connectivity index (χ2v) is 5.48. The third-order valence-electron chi connectivity index (χ3n) is 3.81. The van der Waals surface area contributed by atoms with Crippen molar-refractivity contribution in [3.05, 3.63) is 39.5 Å². The summed E-state index contributed by atoms with van der Waals surface area (Å²) in [6.07, 6.45) is 7.67. The number of hydrogen-bond donors (Lipinski definition) is 1. The van der Waals surface area contributed by atoms with E-state index in [0.717, 1.165) is 31.6 Å². The molecule has 2 aromatic heterocycles. The average molecular weight is 294 g/mol. The van der Waals surface area contributed by atoms with Gasteiger partial charge < -0.3 is 4.90 Å². The van der Waals surface area contributed by atoms with Crippen LogP contribution in [0.25, 0.3) is 0 Å². The molecule has 0 saturated carbocycles. The summed E-state index contributed by atoms with van der Waals surface area (Å²) in [6.45, 7) is 1.73. The summed E-state index contributed by atoms with van der Waals surface area (Å²) in [5, 5.41) is 10.6. The standard InChI is InChI=1S/C13H16ClN5O/c1-18-8-10(6-16-18)9-2-4-19(5-3-9)11-7-15-17-13(20)12(11)14/h6-9H,2-5H2,1H3,(H,17,20). The predicted molar refractivity (Wildman–Crippen MR) is 77.3 cm³/mol. The van der Waals surface area contributed by atoms with Gasteiger partial charge >= 0.3 is 0 Å². The van der Waals surface area contributed by atoms with Crippen molar-refractivity contribution in [3.8, 4) is 0 Å². The predicted octanol–water partition coefficient (Wildman–Crippen LogP) is 1.54. The van der Waals surface area contributed by atoms with Gasteiger partial charge in [0.05, 0.1) is 18.1 Å². The Morgan fingerprint density at radius 1 is 1.35 bits per heavy atom. The number of aryl methyl sites for hydroxylation is 1. The van der Waals surface area contributed by atoms with Crippen LogP contribution >= 0.6 is 11.6 Å². The zero-order chi connectivity index (χ0) is 14.1. The number of nitrogens with zero attached hydrogens (tertiary/aromatic N) is 4. The third-order valence-corrected chi connectivity index (χ3v) is 4.17. The molecule has 106 valence electrons. The third kappa shape index (κ3) is 2.43. The molecule has 0 atom stereocenters. The van der Waals surface area contributed by atoms with E-state index in [9.17, 15) is 4.79 Å². The molecular weight excluding hydrogens is 278 g/mol. The van der Waals surface area contributed by atoms with E-state index >= 15 is 0 Å². The summed E-state index contributed by atoms with van der Waals surface area (Å²) in [6, 6.07) is 0. The van der Waals surface area contributed by atoms with Gasteiger partial charge in [-0.2, -0.15) is 10.2 Å². The highest BCUT2D eigenvalue weighted by molar-refractivity contribution is 6.32. The second kappa shape index (κ2) is 5.28. The van der Waals surface area contributed by atoms with Gasteiger partial charge in [-0.15, -0.1) is 0 Å². The van der Waals surface area contributed by atoms with E-state index in [1.165, 1.54) is 5.56 Å². The molecule has 7 heteroatoms. The zero-order valence-electron chi connectivity index (χ0n) is 11.2. The number of aromatic amines is 1. The number of hydrogen-bond acceptors (Lipinski definition) is 4. The molecule has 1 saturated heterocycles. The Morgan fingerprint density at radius 2 is 2.10 bits per heavy atom. The highest BCUT2D eigenvalue weighted by Gasteiger charge is 2.23. The number of piperidine rings is 1. The van der Waals surface area contributed by atoms with Crippen LogP contribution in [0.1, 0.15) is 24.3 Å². The molecular formula is C13H16ClN5O. The van der Waals surface area contributed by atoms with Crippen molar-refractivity contribution < 1.29 is 0 Å². The van der Waals surface area contributed by atoms with Crippen LogP contribution in [0.2, 0.25) is 5.02 Å². The number of aromatic nitrogens is 4. The number of rotatable bonds is 2. The van der Waals surface area contributed by atoms with Gasteiger partial charge in [0.1, 0.15) is 5.02 Å². The summed E-state index contributed by atoms with van der Waals surface area (Å²) < 4.78 is 1.83. The summed E-state index contributed by atoms with van der Waals surface area (Å²) in [5.74, 6) is 0.522. The maximum Gasteiger partial charge on any atom is 0.285 e. The molecule has 3 rings (SSSR count). The molecule has 0 unspecified atom stereocenters. The molecule has 1 N–H and O–H groups in total. The first-order valence-electron chi connectivity index (χ1n) is 6.62. The fourth-order valence-electron chi connectivity index (χ4n) is 2.70. The minimum atomic E-state index is -0.335. The van der Waals surface area contributed by atoms with Gasteiger partial charge in [0.15, 0.2) is 0 Å². The molecule has 2 aromatic rings. The summed E-state index contributed by atoms with van der Waals surface area (Å²) in [5.41, 5.74) is 1.67. The van der Waals surface area contributed by atoms with Crippen LogP contribution in [0.3, 0.4) is 0 Å². The van der Waals surface area contributed by atoms with Crippen LogP contribution in [0.15, 0.2) is 23.4 Å². The minimum Gasteiger partial charge on any atom is -0.369 e. The van der Waals surface area contributed by atoms with Gasteiger partial charge in [0.2, 0.25) is 0 Å². The van der Waals surface area contributed by atoms with Crippen LogP contribution in [0.5, 0.6) is 0 Å². The summed E-state index contributed by atoms with van der Waals surface area (Å²) in [4.78, 5) is 13.6. The number of H-pyrrole nitrogens is 1. The van der Waals surface area contributed by atoms with Crippen LogP contribution in [-0.4, -0.2) is 33.1 Å². The first kappa shape index (κ1) is 13.2. The van der Waals surface area contributed by atoms with E-state index in [0.29, 0.717) is 5.92 Å². The van der Waals surface area contributed by atoms with Gasteiger partial charge in [0.25, 0.3) is 5.56 Å². The largest absolute Gasteiger partial charge is 0.369 e. The Balaban J connectivity index is 1.72. The van der Waals surface area contributed by atoms with Gasteiger partial charge in [-0.3, -0.25) is 9.48 Å². The lowest BCUT2D eigenvalue weighted by atomic mass is 9.91. The minimum absolute atomic E-state index is 0.222. The van der Waals surface area contributed by atoms with Crippen molar-refractivity contribution in [1.82, 2.24) is 20.0 Å². The summed E-state index contributed by atoms with van der Waals surface area (Å²) in [7, 11) is 1.93. The lowest BCUT2D eigenvalue weighted by molar-refractivity contribution is 0.504. The number of anilines is 1. The molecule has 1 aliphatic rings. The molecule has 3 heterocycles. The van der Waals surface area contributed by atoms with Crippen molar-refractivity contribution in [3.63, 3.8) is 0 Å². The van der Waals surface area contributed by atoms with E-state index < -0.39 is 0 Å². The highest BCUT2D eigenvalue weighted by Crippen LogP contribution is 2.31. The molecule has 0 aromatic carbocycles. The lowest BCUT2D eigenvalue weighted by Crippen LogP contribution is -2.34. The van der Waals surface area contributed by atoms with Crippen LogP contribution in [-0.2, 0) is 7.05 Å². The summed E-state index contributed by atoms with van der Waals surface area (Å²) >= 11 is 6.04. The molecule has 20 heavy (non-hydrogen) atoms. The van der Waals surface area contributed by atoms with E-state index in [2.05, 4.69) is 26.4 Å². The Kier molecular flexibility index (Phi) is 3.48. The van der Waals surface area contributed by atoms with Crippen LogP contribution < -0.4 is 10.5 Å². The molecule has 1 fully saturated rings. The van der Waals surface area contributed by atoms with Gasteiger partial charge in [-0.05, 0) is 24.3 Å². The molecule has 0 spiro atoms. The first-order valence-corrected chi connectivity index (χ1v) is 6.99. The maximum absolute atomic E-state index is 11.5. The Labute approximate surface area is 121 Å². The van der Waals surface area contributed by atoms with Crippen LogP contribution in [0.4, 0.5) is 5.69 Å². The molecule has 0 bridgehead atoms. The monoisotopic (exact) mass is 293 g/mol. The first-order chi connectivity index (χ1) is 9.65. The smallest absolute Gasteiger partial charge is 0.285 e. The number of nitrogens with one attached hydrogen (secondary N) is 1. The Morgan fingerprint density at radius 3 is 2.75 bits per heavy atom. The Hall–Kier alpha value is -1.82. The van der Waals surface area contributed by atoms with E-state index in [1.807, 2.05) is 17.9 Å². The van der Waals surface area contributed by atoms with Crippen molar-refractivity contribution in [2.75, 3.05) is 18.0 Å². The van der Waals surface area contributed by atoms with Crippen LogP contribution in [0, 0.1) is 0 Å². The van der Waals surface area contributed by atoms with Gasteiger partial charge in [-0.1, -0.05) is 11.6 Å². The molecule has 0 amide bonds. The van der Waals surface area contributed by atoms with E-state index in [4.69, 9.17) is 11.6 Å². The molecule has 0 aliphatic carbocycles. The Bertz CT molecular complexity index is 657. The molecule has 0 radical (unpaired) electrons. The highest BCUT2D eigenvalue weighted by atomic mass is 35.5. The zero-order valence-corrected chi connectivity index (χ0v) is 12.0. The second-order valence-electron chi connectivity index (χ2n) is 5.11. The maximum atomic E-state index is 11.5. The van der Waals surface area contributed by atoms with Gasteiger partial charge in [0, 0.05) is 26.3 Å². The molecule has 6 nitrogen and oxygen atoms in total. The van der Waals surface area contributed by atoms with E-state index in [-0.39, 0.29) is 10.6 Å². The SMILES string of the molecule is Cn1cc(C2CCN(c3cn[nH]c(=O)c3Cl)CC2)cn1. The lowest BCUT2D eigenvalue weighted by Gasteiger charge is -2.33. The average Bonchev–Trinajstić information content (AvgIpc) is 2.89. The van der Waals surface area contributed by atoms with Crippen molar-refractivity contribution in [2.24, 2.45) is 7.05 Å². The van der Waals surface area contributed by atoms with Crippen molar-refractivity contribution in [1.29, 1.82) is 0 Å². The van der Waals surface area contributed by atoms with Gasteiger partial charge in [-0.25, -0.2) is 5.10 Å². The van der Waals surface area contributed by atoms with Crippen molar-refractivity contribution in [2.45, 2.75) is 18.8 Å². The number of halogens is 1. The topological polar surface area (TPSA) is 66.8 Å². The fourth-order valence-corrected chi connectivity index (χ4v) is 2.91. The normalized spacial score (nSPS) is 16.6. The van der Waals surface area contributed by atoms with E-state index in [1.54, 1.807) is 6.20 Å². The fraction of sp³-hybridized carbons (Fsp3) is 0.462. The molecule has 1 aliphatic heterocycles. The quantitative estimate of drug-likeness (QED) is 0.912. The van der Waals surface area contributed by atoms with Crippen molar-refractivity contribution >= 4 is 17.3 Å².